The van der Waals surface area contributed by atoms with Crippen molar-refractivity contribution in [1.29, 1.82) is 0 Å². The van der Waals surface area contributed by atoms with Crippen LogP contribution >= 0.6 is 0 Å². The van der Waals surface area contributed by atoms with E-state index in [0.717, 1.165) is 25.9 Å². The standard InChI is InChI=1S/C11H15F3N4O/c12-11(13,14)9-7-8(16-17-9)10(19)15-3-6-18-4-1-2-5-18/h7H,1-6H2,(H,15,19)(H,16,17). The Kier molecular flexibility index (Phi) is 4.08. The third-order valence-corrected chi connectivity index (χ3v) is 3.03. The van der Waals surface area contributed by atoms with Crippen LogP contribution in [0.1, 0.15) is 29.0 Å². The first-order chi connectivity index (χ1) is 8.97. The van der Waals surface area contributed by atoms with E-state index >= 15 is 0 Å². The van der Waals surface area contributed by atoms with Gasteiger partial charge in [-0.2, -0.15) is 18.3 Å². The van der Waals surface area contributed by atoms with Crippen LogP contribution in [0.2, 0.25) is 0 Å². The lowest BCUT2D eigenvalue weighted by Crippen LogP contribution is -2.33. The second-order valence-electron chi connectivity index (χ2n) is 4.47. The molecule has 106 valence electrons. The molecule has 2 N–H and O–H groups in total. The van der Waals surface area contributed by atoms with Gasteiger partial charge in [-0.15, -0.1) is 0 Å². The number of hydrogen-bond donors (Lipinski definition) is 2. The maximum absolute atomic E-state index is 12.3. The van der Waals surface area contributed by atoms with Crippen molar-refractivity contribution in [2.45, 2.75) is 19.0 Å². The Morgan fingerprint density at radius 3 is 2.68 bits per heavy atom. The summed E-state index contributed by atoms with van der Waals surface area (Å²) >= 11 is 0. The lowest BCUT2D eigenvalue weighted by atomic mass is 10.3. The fourth-order valence-corrected chi connectivity index (χ4v) is 2.01. The van der Waals surface area contributed by atoms with Crippen molar-refractivity contribution in [3.63, 3.8) is 0 Å². The van der Waals surface area contributed by atoms with E-state index in [1.54, 1.807) is 0 Å². The number of aromatic amines is 1. The lowest BCUT2D eigenvalue weighted by molar-refractivity contribution is -0.141. The lowest BCUT2D eigenvalue weighted by Gasteiger charge is -2.14. The SMILES string of the molecule is O=C(NCCN1CCCC1)c1cc(C(F)(F)F)[nH]n1. The summed E-state index contributed by atoms with van der Waals surface area (Å²) in [5, 5.41) is 7.73. The molecule has 0 atom stereocenters. The Labute approximate surface area is 108 Å². The maximum atomic E-state index is 12.3. The Morgan fingerprint density at radius 1 is 1.42 bits per heavy atom. The zero-order chi connectivity index (χ0) is 13.9. The van der Waals surface area contributed by atoms with Crippen LogP contribution in [0, 0.1) is 0 Å². The van der Waals surface area contributed by atoms with Gasteiger partial charge in [-0.1, -0.05) is 0 Å². The summed E-state index contributed by atoms with van der Waals surface area (Å²) < 4.78 is 36.9. The molecule has 5 nitrogen and oxygen atoms in total. The number of aromatic nitrogens is 2. The van der Waals surface area contributed by atoms with Gasteiger partial charge < -0.3 is 10.2 Å². The number of nitrogens with zero attached hydrogens (tertiary/aromatic N) is 2. The highest BCUT2D eigenvalue weighted by atomic mass is 19.4. The number of hydrogen-bond acceptors (Lipinski definition) is 3. The number of halogens is 3. The Hall–Kier alpha value is -1.57. The molecule has 8 heteroatoms. The van der Waals surface area contributed by atoms with Gasteiger partial charge in [0, 0.05) is 19.2 Å². The average molecular weight is 276 g/mol. The molecule has 0 saturated carbocycles. The topological polar surface area (TPSA) is 61.0 Å². The first-order valence-corrected chi connectivity index (χ1v) is 6.10. The molecule has 0 spiro atoms. The third-order valence-electron chi connectivity index (χ3n) is 3.03. The average Bonchev–Trinajstić information content (AvgIpc) is 2.99. The van der Waals surface area contributed by atoms with Crippen molar-refractivity contribution < 1.29 is 18.0 Å². The quantitative estimate of drug-likeness (QED) is 0.870. The molecule has 1 saturated heterocycles. The number of alkyl halides is 3. The summed E-state index contributed by atoms with van der Waals surface area (Å²) in [5.41, 5.74) is -1.26. The summed E-state index contributed by atoms with van der Waals surface area (Å²) in [6.45, 7) is 3.14. The number of rotatable bonds is 4. The largest absolute Gasteiger partial charge is 0.432 e. The van der Waals surface area contributed by atoms with Crippen molar-refractivity contribution in [3.8, 4) is 0 Å². The highest BCUT2D eigenvalue weighted by Gasteiger charge is 2.33. The molecule has 2 heterocycles. The predicted molar refractivity (Wildman–Crippen MR) is 61.6 cm³/mol. The summed E-state index contributed by atoms with van der Waals surface area (Å²) in [6.07, 6.45) is -2.20. The normalized spacial score (nSPS) is 16.8. The first-order valence-electron chi connectivity index (χ1n) is 6.10. The number of H-pyrrole nitrogens is 1. The van der Waals surface area contributed by atoms with Gasteiger partial charge in [0.15, 0.2) is 5.69 Å². The van der Waals surface area contributed by atoms with Crippen molar-refractivity contribution >= 4 is 5.91 Å². The maximum Gasteiger partial charge on any atom is 0.432 e. The number of amides is 1. The molecular weight excluding hydrogens is 261 g/mol. The number of likely N-dealkylation sites (tertiary alicyclic amines) is 1. The first kappa shape index (κ1) is 13.9. The zero-order valence-electron chi connectivity index (χ0n) is 10.3. The number of nitrogens with one attached hydrogen (secondary N) is 2. The van der Waals surface area contributed by atoms with Crippen molar-refractivity contribution in [3.05, 3.63) is 17.5 Å². The Bertz CT molecular complexity index is 437. The van der Waals surface area contributed by atoms with Gasteiger partial charge >= 0.3 is 6.18 Å². The van der Waals surface area contributed by atoms with Crippen LogP contribution in [0.4, 0.5) is 13.2 Å². The van der Waals surface area contributed by atoms with Gasteiger partial charge in [-0.3, -0.25) is 9.89 Å². The minimum Gasteiger partial charge on any atom is -0.349 e. The summed E-state index contributed by atoms with van der Waals surface area (Å²) in [6, 6.07) is 0.713. The zero-order valence-corrected chi connectivity index (χ0v) is 10.3. The van der Waals surface area contributed by atoms with Gasteiger partial charge in [0.05, 0.1) is 0 Å². The van der Waals surface area contributed by atoms with Crippen molar-refractivity contribution in [2.24, 2.45) is 0 Å². The Morgan fingerprint density at radius 2 is 2.11 bits per heavy atom. The molecule has 19 heavy (non-hydrogen) atoms. The van der Waals surface area contributed by atoms with Gasteiger partial charge in [-0.25, -0.2) is 0 Å². The van der Waals surface area contributed by atoms with Crippen LogP contribution < -0.4 is 5.32 Å². The van der Waals surface area contributed by atoms with Crippen molar-refractivity contribution in [2.75, 3.05) is 26.2 Å². The molecule has 2 rings (SSSR count). The van der Waals surface area contributed by atoms with Crippen molar-refractivity contribution in [1.82, 2.24) is 20.4 Å². The smallest absolute Gasteiger partial charge is 0.349 e. The van der Waals surface area contributed by atoms with E-state index in [4.69, 9.17) is 0 Å². The molecule has 1 amide bonds. The highest BCUT2D eigenvalue weighted by Crippen LogP contribution is 2.27. The van der Waals surface area contributed by atoms with Crippen LogP contribution in [0.3, 0.4) is 0 Å². The van der Waals surface area contributed by atoms with E-state index < -0.39 is 17.8 Å². The minimum atomic E-state index is -4.51. The predicted octanol–water partition coefficient (Wildman–Crippen LogP) is 1.25. The molecule has 0 aromatic carbocycles. The van der Waals surface area contributed by atoms with E-state index in [1.165, 1.54) is 0 Å². The molecular formula is C11H15F3N4O. The molecule has 0 unspecified atom stereocenters. The van der Waals surface area contributed by atoms with Gasteiger partial charge in [0.25, 0.3) is 5.91 Å². The molecule has 1 aromatic rings. The van der Waals surface area contributed by atoms with E-state index in [9.17, 15) is 18.0 Å². The van der Waals surface area contributed by atoms with Crippen LogP contribution in [-0.4, -0.2) is 47.2 Å². The number of carbonyl (C=O) groups excluding carboxylic acids is 1. The van der Waals surface area contributed by atoms with Gasteiger partial charge in [0.1, 0.15) is 5.69 Å². The number of carbonyl (C=O) groups is 1. The fourth-order valence-electron chi connectivity index (χ4n) is 2.01. The van der Waals surface area contributed by atoms with Crippen LogP contribution in [0.5, 0.6) is 0 Å². The molecule has 1 aliphatic rings. The molecule has 1 aliphatic heterocycles. The molecule has 1 aromatic heterocycles. The van der Waals surface area contributed by atoms with Crippen LogP contribution in [0.25, 0.3) is 0 Å². The molecule has 0 aliphatic carbocycles. The van der Waals surface area contributed by atoms with E-state index in [1.807, 2.05) is 5.10 Å². The molecule has 0 bridgehead atoms. The van der Waals surface area contributed by atoms with Gasteiger partial charge in [0.2, 0.25) is 0 Å². The molecule has 1 fully saturated rings. The highest BCUT2D eigenvalue weighted by molar-refractivity contribution is 5.92. The second kappa shape index (κ2) is 5.60. The monoisotopic (exact) mass is 276 g/mol. The summed E-state index contributed by atoms with van der Waals surface area (Å²) in [4.78, 5) is 13.8. The van der Waals surface area contributed by atoms with E-state index in [-0.39, 0.29) is 5.69 Å². The Balaban J connectivity index is 1.81. The fraction of sp³-hybridized carbons (Fsp3) is 0.636. The summed E-state index contributed by atoms with van der Waals surface area (Å²) in [7, 11) is 0. The van der Waals surface area contributed by atoms with E-state index in [2.05, 4.69) is 15.3 Å². The van der Waals surface area contributed by atoms with Gasteiger partial charge in [-0.05, 0) is 25.9 Å². The third kappa shape index (κ3) is 3.69. The second-order valence-corrected chi connectivity index (χ2v) is 4.47. The molecule has 0 radical (unpaired) electrons. The van der Waals surface area contributed by atoms with E-state index in [0.29, 0.717) is 19.2 Å². The van der Waals surface area contributed by atoms with Crippen LogP contribution in [0.15, 0.2) is 6.07 Å². The summed E-state index contributed by atoms with van der Waals surface area (Å²) in [5.74, 6) is -0.592. The van der Waals surface area contributed by atoms with Crippen LogP contribution in [-0.2, 0) is 6.18 Å². The minimum absolute atomic E-state index is 0.242.